The minimum atomic E-state index is -0.965. The molecule has 0 fully saturated rings. The number of carbonyl (C=O) groups is 2. The standard InChI is InChI=1S/C13H22B2O6/c1-12(2,21-11(17)9-20-15)6-5-7-18-13(3,4)10(16)8-19-14/h5-9H2,1-4H3. The average Bonchev–Trinajstić information content (AvgIpc) is 2.34. The molecule has 0 heterocycles. The molecule has 0 saturated heterocycles. The minimum Gasteiger partial charge on any atom is -0.458 e. The van der Waals surface area contributed by atoms with E-state index in [0.717, 1.165) is 0 Å². The summed E-state index contributed by atoms with van der Waals surface area (Å²) in [6.07, 6.45) is 1.19. The first-order valence-corrected chi connectivity index (χ1v) is 6.67. The third-order valence-corrected chi connectivity index (χ3v) is 2.86. The highest BCUT2D eigenvalue weighted by molar-refractivity contribution is 6.00. The van der Waals surface area contributed by atoms with E-state index in [1.54, 1.807) is 27.7 Å². The summed E-state index contributed by atoms with van der Waals surface area (Å²) in [5.41, 5.74) is -1.62. The average molecular weight is 296 g/mol. The lowest BCUT2D eigenvalue weighted by molar-refractivity contribution is -0.160. The van der Waals surface area contributed by atoms with Gasteiger partial charge in [0.2, 0.25) is 0 Å². The van der Waals surface area contributed by atoms with Crippen LogP contribution in [0, 0.1) is 0 Å². The number of rotatable bonds is 11. The van der Waals surface area contributed by atoms with Gasteiger partial charge in [0.05, 0.1) is 6.61 Å². The molecule has 0 rings (SSSR count). The van der Waals surface area contributed by atoms with Crippen molar-refractivity contribution in [3.05, 3.63) is 0 Å². The van der Waals surface area contributed by atoms with E-state index in [1.165, 1.54) is 0 Å². The normalized spacial score (nSPS) is 12.2. The quantitative estimate of drug-likeness (QED) is 0.317. The van der Waals surface area contributed by atoms with Crippen LogP contribution in [0.4, 0.5) is 0 Å². The van der Waals surface area contributed by atoms with E-state index in [9.17, 15) is 9.59 Å². The van der Waals surface area contributed by atoms with E-state index in [2.05, 4.69) is 9.31 Å². The van der Waals surface area contributed by atoms with Crippen LogP contribution < -0.4 is 0 Å². The van der Waals surface area contributed by atoms with Gasteiger partial charge in [-0.1, -0.05) is 0 Å². The molecule has 4 radical (unpaired) electrons. The first-order chi connectivity index (χ1) is 9.64. The van der Waals surface area contributed by atoms with Gasteiger partial charge in [-0.25, -0.2) is 4.79 Å². The van der Waals surface area contributed by atoms with Crippen LogP contribution in [0.15, 0.2) is 0 Å². The molecule has 0 aromatic carbocycles. The van der Waals surface area contributed by atoms with Crippen molar-refractivity contribution in [2.75, 3.05) is 19.8 Å². The van der Waals surface area contributed by atoms with Crippen LogP contribution >= 0.6 is 0 Å². The van der Waals surface area contributed by atoms with Crippen molar-refractivity contribution in [3.63, 3.8) is 0 Å². The van der Waals surface area contributed by atoms with Gasteiger partial charge in [0.15, 0.2) is 5.78 Å². The SMILES string of the molecule is [B]OCC(=O)OC(C)(C)CCCOC(C)(C)C(=O)CO[B]. The Morgan fingerprint density at radius 3 is 2.10 bits per heavy atom. The highest BCUT2D eigenvalue weighted by Crippen LogP contribution is 2.19. The summed E-state index contributed by atoms with van der Waals surface area (Å²) in [5.74, 6) is -0.769. The van der Waals surface area contributed by atoms with Gasteiger partial charge in [0.25, 0.3) is 16.1 Å². The van der Waals surface area contributed by atoms with Gasteiger partial charge in [-0.3, -0.25) is 4.79 Å². The molecule has 0 aromatic rings. The van der Waals surface area contributed by atoms with Crippen LogP contribution in [0.25, 0.3) is 0 Å². The number of hydrogen-bond acceptors (Lipinski definition) is 6. The zero-order valence-corrected chi connectivity index (χ0v) is 13.1. The van der Waals surface area contributed by atoms with E-state index in [0.29, 0.717) is 19.4 Å². The number of ketones is 1. The van der Waals surface area contributed by atoms with Gasteiger partial charge in [0, 0.05) is 6.61 Å². The van der Waals surface area contributed by atoms with E-state index >= 15 is 0 Å². The van der Waals surface area contributed by atoms with Crippen molar-refractivity contribution >= 4 is 27.9 Å². The zero-order valence-electron chi connectivity index (χ0n) is 13.1. The third-order valence-electron chi connectivity index (χ3n) is 2.86. The first kappa shape index (κ1) is 20.1. The van der Waals surface area contributed by atoms with Crippen molar-refractivity contribution in [3.8, 4) is 0 Å². The maximum Gasteiger partial charge on any atom is 0.330 e. The Morgan fingerprint density at radius 2 is 1.57 bits per heavy atom. The molecule has 0 aromatic heterocycles. The summed E-state index contributed by atoms with van der Waals surface area (Å²) in [6, 6.07) is 0. The number of esters is 1. The van der Waals surface area contributed by atoms with Crippen LogP contribution in [0.3, 0.4) is 0 Å². The Bertz CT molecular complexity index is 344. The Labute approximate surface area is 128 Å². The molecule has 0 spiro atoms. The molecule has 0 unspecified atom stereocenters. The van der Waals surface area contributed by atoms with Crippen LogP contribution in [0.5, 0.6) is 0 Å². The maximum absolute atomic E-state index is 11.6. The molecule has 8 heteroatoms. The van der Waals surface area contributed by atoms with Crippen LogP contribution in [-0.2, 0) is 28.4 Å². The van der Waals surface area contributed by atoms with Crippen LogP contribution in [0.2, 0.25) is 0 Å². The minimum absolute atomic E-state index is 0.199. The first-order valence-electron chi connectivity index (χ1n) is 6.67. The van der Waals surface area contributed by atoms with Gasteiger partial charge in [0.1, 0.15) is 17.8 Å². The highest BCUT2D eigenvalue weighted by Gasteiger charge is 2.28. The molecule has 21 heavy (non-hydrogen) atoms. The van der Waals surface area contributed by atoms with Crippen molar-refractivity contribution in [2.24, 2.45) is 0 Å². The topological polar surface area (TPSA) is 71.1 Å². The summed E-state index contributed by atoms with van der Waals surface area (Å²) in [6.45, 7) is 6.71. The third kappa shape index (κ3) is 8.90. The monoisotopic (exact) mass is 296 g/mol. The summed E-state index contributed by atoms with van der Waals surface area (Å²) in [4.78, 5) is 22.9. The largest absolute Gasteiger partial charge is 0.458 e. The molecular weight excluding hydrogens is 274 g/mol. The van der Waals surface area contributed by atoms with Crippen LogP contribution in [-0.4, -0.2) is 58.9 Å². The van der Waals surface area contributed by atoms with Crippen molar-refractivity contribution in [1.82, 2.24) is 0 Å². The zero-order chi connectivity index (χ0) is 16.5. The summed E-state index contributed by atoms with van der Waals surface area (Å²) < 4.78 is 19.2. The molecule has 0 N–H and O–H groups in total. The molecule has 0 saturated carbocycles. The Morgan fingerprint density at radius 1 is 1.00 bits per heavy atom. The molecule has 0 aliphatic rings. The van der Waals surface area contributed by atoms with Gasteiger partial charge < -0.3 is 18.8 Å². The summed E-state index contributed by atoms with van der Waals surface area (Å²) >= 11 is 0. The predicted molar refractivity (Wildman–Crippen MR) is 77.9 cm³/mol. The number of Topliss-reactive ketones (excluding diaryl/α,β-unsaturated/α-hetero) is 1. The molecule has 0 amide bonds. The van der Waals surface area contributed by atoms with Crippen molar-refractivity contribution < 1.29 is 28.4 Å². The number of hydrogen-bond donors (Lipinski definition) is 0. The second kappa shape index (κ2) is 9.23. The Kier molecular flexibility index (Phi) is 8.85. The lowest BCUT2D eigenvalue weighted by Gasteiger charge is -2.27. The fourth-order valence-electron chi connectivity index (χ4n) is 1.61. The maximum atomic E-state index is 11.6. The summed E-state index contributed by atoms with van der Waals surface area (Å²) in [5, 5.41) is 0. The lowest BCUT2D eigenvalue weighted by atomic mass is 10.0. The van der Waals surface area contributed by atoms with Gasteiger partial charge >= 0.3 is 5.97 Å². The molecule has 6 nitrogen and oxygen atoms in total. The molecule has 0 atom stereocenters. The smallest absolute Gasteiger partial charge is 0.330 e. The van der Waals surface area contributed by atoms with E-state index in [1.807, 2.05) is 0 Å². The lowest BCUT2D eigenvalue weighted by Crippen LogP contribution is -2.38. The summed E-state index contributed by atoms with van der Waals surface area (Å²) in [7, 11) is 9.66. The van der Waals surface area contributed by atoms with Crippen molar-refractivity contribution in [2.45, 2.75) is 51.7 Å². The van der Waals surface area contributed by atoms with Gasteiger partial charge in [-0.15, -0.1) is 0 Å². The van der Waals surface area contributed by atoms with E-state index < -0.39 is 17.2 Å². The van der Waals surface area contributed by atoms with Gasteiger partial charge in [-0.2, -0.15) is 0 Å². The number of carbonyl (C=O) groups excluding carboxylic acids is 2. The second-order valence-corrected chi connectivity index (χ2v) is 5.74. The fourth-order valence-corrected chi connectivity index (χ4v) is 1.61. The van der Waals surface area contributed by atoms with E-state index in [4.69, 9.17) is 25.6 Å². The predicted octanol–water partition coefficient (Wildman–Crippen LogP) is 0.653. The van der Waals surface area contributed by atoms with Gasteiger partial charge in [-0.05, 0) is 40.5 Å². The molecule has 116 valence electrons. The fraction of sp³-hybridized carbons (Fsp3) is 0.846. The van der Waals surface area contributed by atoms with Crippen molar-refractivity contribution in [1.29, 1.82) is 0 Å². The second-order valence-electron chi connectivity index (χ2n) is 5.74. The molecule has 0 bridgehead atoms. The molecule has 0 aliphatic carbocycles. The Balaban J connectivity index is 4.08. The van der Waals surface area contributed by atoms with E-state index in [-0.39, 0.29) is 19.0 Å². The Hall–Kier alpha value is -0.850. The highest BCUT2D eigenvalue weighted by atomic mass is 16.6. The van der Waals surface area contributed by atoms with Crippen LogP contribution in [0.1, 0.15) is 40.5 Å². The number of ether oxygens (including phenoxy) is 2. The molecule has 0 aliphatic heterocycles. The molecular formula is C13H22B2O6.